The normalized spacial score (nSPS) is 11.6. The van der Waals surface area contributed by atoms with Gasteiger partial charge in [0.05, 0.1) is 11.4 Å². The fourth-order valence-corrected chi connectivity index (χ4v) is 4.94. The number of para-hydroxylation sites is 1. The largest absolute Gasteiger partial charge is 1.00 e. The number of benzene rings is 3. The van der Waals surface area contributed by atoms with Crippen LogP contribution >= 0.6 is 23.4 Å². The summed E-state index contributed by atoms with van der Waals surface area (Å²) in [5, 5.41) is 11.7. The molecule has 0 atom stereocenters. The predicted molar refractivity (Wildman–Crippen MR) is 160 cm³/mol. The van der Waals surface area contributed by atoms with Crippen LogP contribution in [-0.4, -0.2) is 18.4 Å². The molecule has 0 fully saturated rings. The molecule has 4 rings (SSSR count). The van der Waals surface area contributed by atoms with Crippen LogP contribution in [-0.2, 0) is 11.2 Å². The minimum Gasteiger partial charge on any atom is -0.657 e. The summed E-state index contributed by atoms with van der Waals surface area (Å²) in [6.07, 6.45) is 7.11. The number of anilines is 1. The zero-order valence-corrected chi connectivity index (χ0v) is 27.2. The van der Waals surface area contributed by atoms with Crippen molar-refractivity contribution in [3.63, 3.8) is 0 Å². The fourth-order valence-electron chi connectivity index (χ4n) is 3.76. The SMILES string of the molecule is C=NN(C1=CCCc2ccc([N-]c3ccccc3Cl)cc21)c1ccc(SCCCC)cc1.CCC(N)=O.[K+]. The van der Waals surface area contributed by atoms with E-state index in [0.717, 1.165) is 46.9 Å². The van der Waals surface area contributed by atoms with Crippen LogP contribution in [0.1, 0.15) is 50.7 Å². The number of hydrogen-bond donors (Lipinski definition) is 1. The average molecular weight is 573 g/mol. The monoisotopic (exact) mass is 572 g/mol. The van der Waals surface area contributed by atoms with Crippen LogP contribution in [0.25, 0.3) is 11.0 Å². The minimum absolute atomic E-state index is 0. The number of hydrazone groups is 1. The molecule has 194 valence electrons. The standard InChI is InChI=1S/C27H27ClN3S.C3H7NO.K/c1-3-4-18-32-23-16-14-22(15-17-23)31(29-2)27-11-7-8-20-12-13-21(19-24(20)27)30-26-10-6-5-9-25(26)28;1-2-3(4)5;/h5-6,9-17,19H,2-4,7-8,18H2,1H3;2H2,1H3,(H2,4,5);/q-1;;+1. The van der Waals surface area contributed by atoms with Crippen molar-refractivity contribution >= 4 is 58.7 Å². The Labute approximate surface area is 278 Å². The van der Waals surface area contributed by atoms with Gasteiger partial charge in [-0.2, -0.15) is 5.10 Å². The molecule has 1 aliphatic carbocycles. The van der Waals surface area contributed by atoms with Gasteiger partial charge in [0, 0.05) is 28.6 Å². The summed E-state index contributed by atoms with van der Waals surface area (Å²) in [7, 11) is 0. The molecule has 0 aromatic heterocycles. The van der Waals surface area contributed by atoms with Gasteiger partial charge in [0.2, 0.25) is 5.91 Å². The molecule has 0 unspecified atom stereocenters. The molecule has 2 N–H and O–H groups in total. The predicted octanol–water partition coefficient (Wildman–Crippen LogP) is 5.86. The van der Waals surface area contributed by atoms with Gasteiger partial charge in [-0.05, 0) is 60.9 Å². The smallest absolute Gasteiger partial charge is 0.657 e. The van der Waals surface area contributed by atoms with Crippen molar-refractivity contribution in [3.8, 4) is 0 Å². The van der Waals surface area contributed by atoms with E-state index in [0.29, 0.717) is 11.4 Å². The van der Waals surface area contributed by atoms with Crippen LogP contribution in [0, 0.1) is 0 Å². The summed E-state index contributed by atoms with van der Waals surface area (Å²) in [6.45, 7) is 7.81. The molecule has 0 heterocycles. The molecule has 3 aromatic rings. The molecular formula is C30H34ClKN4OS. The van der Waals surface area contributed by atoms with Crippen LogP contribution in [0.2, 0.25) is 5.02 Å². The molecule has 0 saturated carbocycles. The van der Waals surface area contributed by atoms with E-state index in [4.69, 9.17) is 16.9 Å². The van der Waals surface area contributed by atoms with Gasteiger partial charge in [-0.1, -0.05) is 74.3 Å². The van der Waals surface area contributed by atoms with Gasteiger partial charge in [-0.3, -0.25) is 4.79 Å². The Bertz CT molecular complexity index is 1230. The number of fused-ring (bicyclic) bond motifs is 1. The Balaban J connectivity index is 0.000000774. The number of unbranched alkanes of at least 4 members (excludes halogenated alkanes) is 1. The summed E-state index contributed by atoms with van der Waals surface area (Å²) in [5.41, 5.74) is 10.8. The quantitative estimate of drug-likeness (QED) is 0.109. The van der Waals surface area contributed by atoms with Crippen LogP contribution in [0.15, 0.2) is 82.8 Å². The van der Waals surface area contributed by atoms with E-state index in [9.17, 15) is 4.79 Å². The molecular weight excluding hydrogens is 539 g/mol. The van der Waals surface area contributed by atoms with Gasteiger partial charge in [0.15, 0.2) is 0 Å². The zero-order valence-electron chi connectivity index (χ0n) is 22.5. The van der Waals surface area contributed by atoms with E-state index < -0.39 is 0 Å². The summed E-state index contributed by atoms with van der Waals surface area (Å²) in [6, 6.07) is 22.6. The van der Waals surface area contributed by atoms with E-state index in [-0.39, 0.29) is 57.3 Å². The van der Waals surface area contributed by atoms with Crippen molar-refractivity contribution in [2.45, 2.75) is 50.8 Å². The van der Waals surface area contributed by atoms with Gasteiger partial charge >= 0.3 is 51.4 Å². The van der Waals surface area contributed by atoms with E-state index in [2.05, 4.69) is 73.0 Å². The number of carbonyl (C=O) groups excluding carboxylic acids is 1. The maximum absolute atomic E-state index is 9.59. The zero-order chi connectivity index (χ0) is 26.6. The van der Waals surface area contributed by atoms with E-state index in [1.807, 2.05) is 41.0 Å². The first-order chi connectivity index (χ1) is 18.0. The number of nitrogens with two attached hydrogens (primary N) is 1. The number of nitrogens with zero attached hydrogens (tertiary/aromatic N) is 3. The second kappa shape index (κ2) is 17.2. The van der Waals surface area contributed by atoms with E-state index in [1.54, 1.807) is 6.92 Å². The average Bonchev–Trinajstić information content (AvgIpc) is 2.92. The first kappa shape index (κ1) is 32.6. The maximum atomic E-state index is 9.59. The number of primary amides is 1. The van der Waals surface area contributed by atoms with Crippen LogP contribution in [0.3, 0.4) is 0 Å². The number of halogens is 1. The minimum atomic E-state index is -0.245. The Morgan fingerprint density at radius 3 is 2.47 bits per heavy atom. The maximum Gasteiger partial charge on any atom is 1.00 e. The summed E-state index contributed by atoms with van der Waals surface area (Å²) in [4.78, 5) is 10.9. The van der Waals surface area contributed by atoms with Crippen molar-refractivity contribution in [2.75, 3.05) is 10.8 Å². The van der Waals surface area contributed by atoms with E-state index in [1.165, 1.54) is 23.3 Å². The van der Waals surface area contributed by atoms with Gasteiger partial charge < -0.3 is 11.1 Å². The summed E-state index contributed by atoms with van der Waals surface area (Å²) in [5.74, 6) is 0.903. The number of aryl methyl sites for hydroxylation is 1. The molecule has 0 aliphatic heterocycles. The molecule has 8 heteroatoms. The van der Waals surface area contributed by atoms with Gasteiger partial charge in [-0.15, -0.1) is 23.1 Å². The number of hydrogen-bond acceptors (Lipinski definition) is 4. The number of amides is 1. The number of allylic oxidation sites excluding steroid dienone is 1. The van der Waals surface area contributed by atoms with E-state index >= 15 is 0 Å². The molecule has 0 radical (unpaired) electrons. The molecule has 5 nitrogen and oxygen atoms in total. The molecule has 1 amide bonds. The van der Waals surface area contributed by atoms with Gasteiger partial charge in [0.1, 0.15) is 0 Å². The molecule has 0 saturated heterocycles. The Kier molecular flexibility index (Phi) is 14.7. The Hall–Kier alpha value is -1.58. The molecule has 3 aromatic carbocycles. The van der Waals surface area contributed by atoms with Crippen LogP contribution in [0.4, 0.5) is 17.1 Å². The third-order valence-electron chi connectivity index (χ3n) is 5.79. The first-order valence-electron chi connectivity index (χ1n) is 12.5. The molecule has 0 spiro atoms. The number of carbonyl (C=O) groups is 1. The van der Waals surface area contributed by atoms with Crippen molar-refractivity contribution in [2.24, 2.45) is 10.8 Å². The van der Waals surface area contributed by atoms with Crippen LogP contribution < -0.4 is 62.1 Å². The van der Waals surface area contributed by atoms with Gasteiger partial charge in [0.25, 0.3) is 0 Å². The Morgan fingerprint density at radius 2 is 1.84 bits per heavy atom. The fraction of sp³-hybridized carbons (Fsp3) is 0.267. The van der Waals surface area contributed by atoms with Crippen molar-refractivity contribution in [1.82, 2.24) is 0 Å². The topological polar surface area (TPSA) is 72.8 Å². The number of rotatable bonds is 10. The first-order valence-corrected chi connectivity index (χ1v) is 13.9. The molecule has 38 heavy (non-hydrogen) atoms. The Morgan fingerprint density at radius 1 is 1.13 bits per heavy atom. The van der Waals surface area contributed by atoms with Gasteiger partial charge in [-0.25, -0.2) is 5.01 Å². The third-order valence-corrected chi connectivity index (χ3v) is 7.21. The van der Waals surface area contributed by atoms with Crippen molar-refractivity contribution < 1.29 is 56.2 Å². The van der Waals surface area contributed by atoms with Crippen molar-refractivity contribution in [3.05, 3.63) is 94.3 Å². The molecule has 1 aliphatic rings. The molecule has 0 bridgehead atoms. The summed E-state index contributed by atoms with van der Waals surface area (Å²) >= 11 is 8.21. The second-order valence-electron chi connectivity index (χ2n) is 8.50. The summed E-state index contributed by atoms with van der Waals surface area (Å²) < 4.78 is 0. The number of thioether (sulfide) groups is 1. The second-order valence-corrected chi connectivity index (χ2v) is 10.1. The van der Waals surface area contributed by atoms with Crippen molar-refractivity contribution in [1.29, 1.82) is 0 Å². The third kappa shape index (κ3) is 9.56. The van der Waals surface area contributed by atoms with Crippen LogP contribution in [0.5, 0.6) is 0 Å².